The van der Waals surface area contributed by atoms with Gasteiger partial charge in [0.2, 0.25) is 0 Å². The van der Waals surface area contributed by atoms with Gasteiger partial charge in [0.15, 0.2) is 5.65 Å². The summed E-state index contributed by atoms with van der Waals surface area (Å²) in [6, 6.07) is 26.6. The molecule has 5 nitrogen and oxygen atoms in total. The Morgan fingerprint density at radius 2 is 1.50 bits per heavy atom. The molecule has 0 radical (unpaired) electrons. The van der Waals surface area contributed by atoms with E-state index in [2.05, 4.69) is 10.4 Å². The summed E-state index contributed by atoms with van der Waals surface area (Å²) in [6.45, 7) is 0. The summed E-state index contributed by atoms with van der Waals surface area (Å²) in [5.41, 5.74) is 4.85. The molecule has 0 aliphatic carbocycles. The van der Waals surface area contributed by atoms with Crippen molar-refractivity contribution >= 4 is 40.4 Å². The van der Waals surface area contributed by atoms with Gasteiger partial charge in [-0.15, -0.1) is 0 Å². The molecule has 3 aromatic carbocycles. The zero-order valence-corrected chi connectivity index (χ0v) is 18.2. The van der Waals surface area contributed by atoms with Crippen LogP contribution in [-0.2, 0) is 0 Å². The average Bonchev–Trinajstić information content (AvgIpc) is 3.26. The average molecular weight is 459 g/mol. The predicted octanol–water partition coefficient (Wildman–Crippen LogP) is 6.62. The van der Waals surface area contributed by atoms with Crippen LogP contribution in [0.4, 0.5) is 5.69 Å². The molecule has 0 unspecified atom stereocenters. The van der Waals surface area contributed by atoms with Crippen LogP contribution >= 0.6 is 23.2 Å². The first-order valence-corrected chi connectivity index (χ1v) is 10.6. The highest BCUT2D eigenvalue weighted by Crippen LogP contribution is 2.28. The molecule has 2 heterocycles. The number of aromatic nitrogens is 3. The lowest BCUT2D eigenvalue weighted by atomic mass is 10.1. The highest BCUT2D eigenvalue weighted by Gasteiger charge is 2.19. The summed E-state index contributed by atoms with van der Waals surface area (Å²) in [4.78, 5) is 17.9. The SMILES string of the molecule is O=C(Nc1ccc(Cl)c(Cl)c1)c1cnn2c(-c3ccccc3)cc(-c3ccccc3)nc12. The lowest BCUT2D eigenvalue weighted by Crippen LogP contribution is -2.12. The van der Waals surface area contributed by atoms with Gasteiger partial charge in [-0.25, -0.2) is 9.50 Å². The molecule has 5 rings (SSSR count). The van der Waals surface area contributed by atoms with Gasteiger partial charge in [-0.2, -0.15) is 5.10 Å². The number of nitrogens with zero attached hydrogens (tertiary/aromatic N) is 3. The van der Waals surface area contributed by atoms with Crippen molar-refractivity contribution in [2.24, 2.45) is 0 Å². The van der Waals surface area contributed by atoms with Crippen molar-refractivity contribution in [2.45, 2.75) is 0 Å². The molecule has 32 heavy (non-hydrogen) atoms. The Kier molecular flexibility index (Phi) is 5.35. The number of hydrogen-bond acceptors (Lipinski definition) is 3. The van der Waals surface area contributed by atoms with Gasteiger partial charge in [-0.05, 0) is 24.3 Å². The van der Waals surface area contributed by atoms with Crippen LogP contribution in [0.15, 0.2) is 91.1 Å². The largest absolute Gasteiger partial charge is 0.322 e. The second-order valence-electron chi connectivity index (χ2n) is 7.14. The molecule has 0 aliphatic rings. The molecule has 156 valence electrons. The van der Waals surface area contributed by atoms with Crippen LogP contribution in [0.1, 0.15) is 10.4 Å². The van der Waals surface area contributed by atoms with Crippen LogP contribution in [-0.4, -0.2) is 20.5 Å². The molecule has 0 bridgehead atoms. The number of halogens is 2. The first-order chi connectivity index (χ1) is 15.6. The molecule has 7 heteroatoms. The quantitative estimate of drug-likeness (QED) is 0.329. The van der Waals surface area contributed by atoms with Gasteiger partial charge in [0.1, 0.15) is 5.56 Å². The van der Waals surface area contributed by atoms with Crippen LogP contribution in [0.25, 0.3) is 28.2 Å². The summed E-state index contributed by atoms with van der Waals surface area (Å²) in [6.07, 6.45) is 1.52. The minimum absolute atomic E-state index is 0.338. The molecule has 0 saturated heterocycles. The van der Waals surface area contributed by atoms with Crippen molar-refractivity contribution in [3.63, 3.8) is 0 Å². The van der Waals surface area contributed by atoms with E-state index in [0.717, 1.165) is 22.5 Å². The molecule has 0 atom stereocenters. The maximum Gasteiger partial charge on any atom is 0.261 e. The summed E-state index contributed by atoms with van der Waals surface area (Å²) < 4.78 is 1.69. The lowest BCUT2D eigenvalue weighted by molar-refractivity contribution is 0.102. The Balaban J connectivity index is 1.64. The van der Waals surface area contributed by atoms with Gasteiger partial charge in [-0.3, -0.25) is 4.79 Å². The Hall–Kier alpha value is -3.67. The molecule has 0 spiro atoms. The number of carbonyl (C=O) groups is 1. The number of rotatable bonds is 4. The summed E-state index contributed by atoms with van der Waals surface area (Å²) in [5, 5.41) is 8.10. The first-order valence-electron chi connectivity index (χ1n) is 9.86. The van der Waals surface area contributed by atoms with Gasteiger partial charge >= 0.3 is 0 Å². The number of benzene rings is 3. The fourth-order valence-corrected chi connectivity index (χ4v) is 3.76. The Morgan fingerprint density at radius 3 is 2.19 bits per heavy atom. The van der Waals surface area contributed by atoms with Gasteiger partial charge in [0, 0.05) is 16.8 Å². The third-order valence-corrected chi connectivity index (χ3v) is 5.77. The second-order valence-corrected chi connectivity index (χ2v) is 7.95. The molecule has 2 aromatic heterocycles. The highest BCUT2D eigenvalue weighted by molar-refractivity contribution is 6.42. The van der Waals surface area contributed by atoms with E-state index in [1.54, 1.807) is 22.7 Å². The third-order valence-electron chi connectivity index (χ3n) is 5.03. The van der Waals surface area contributed by atoms with E-state index in [0.29, 0.717) is 26.9 Å². The minimum atomic E-state index is -0.338. The number of anilines is 1. The smallest absolute Gasteiger partial charge is 0.261 e. The molecule has 1 N–H and O–H groups in total. The minimum Gasteiger partial charge on any atom is -0.322 e. The van der Waals surface area contributed by atoms with E-state index in [1.165, 1.54) is 6.20 Å². The van der Waals surface area contributed by atoms with Crippen LogP contribution in [0, 0.1) is 0 Å². The van der Waals surface area contributed by atoms with Crippen LogP contribution in [0.3, 0.4) is 0 Å². The molecule has 5 aromatic rings. The van der Waals surface area contributed by atoms with Crippen molar-refractivity contribution < 1.29 is 4.79 Å². The van der Waals surface area contributed by atoms with Crippen molar-refractivity contribution in [1.82, 2.24) is 14.6 Å². The first kappa shape index (κ1) is 20.2. The molecular weight excluding hydrogens is 443 g/mol. The van der Waals surface area contributed by atoms with Crippen molar-refractivity contribution in [1.29, 1.82) is 0 Å². The van der Waals surface area contributed by atoms with Crippen molar-refractivity contribution in [3.05, 3.63) is 107 Å². The van der Waals surface area contributed by atoms with Gasteiger partial charge < -0.3 is 5.32 Å². The number of carbonyl (C=O) groups excluding carboxylic acids is 1. The van der Waals surface area contributed by atoms with E-state index in [1.807, 2.05) is 66.7 Å². The second kappa shape index (κ2) is 8.46. The number of nitrogens with one attached hydrogen (secondary N) is 1. The van der Waals surface area contributed by atoms with Crippen molar-refractivity contribution in [2.75, 3.05) is 5.32 Å². The maximum absolute atomic E-state index is 13.1. The fourth-order valence-electron chi connectivity index (χ4n) is 3.47. The van der Waals surface area contributed by atoms with Gasteiger partial charge in [0.05, 0.1) is 27.6 Å². The van der Waals surface area contributed by atoms with Crippen LogP contribution < -0.4 is 5.32 Å². The Labute approximate surface area is 194 Å². The molecule has 0 aliphatic heterocycles. The van der Waals surface area contributed by atoms with Gasteiger partial charge in [0.25, 0.3) is 5.91 Å². The monoisotopic (exact) mass is 458 g/mol. The third kappa shape index (κ3) is 3.84. The van der Waals surface area contributed by atoms with Crippen LogP contribution in [0.2, 0.25) is 10.0 Å². The maximum atomic E-state index is 13.1. The summed E-state index contributed by atoms with van der Waals surface area (Å²) >= 11 is 12.1. The zero-order chi connectivity index (χ0) is 22.1. The molecule has 1 amide bonds. The van der Waals surface area contributed by atoms with E-state index in [9.17, 15) is 4.79 Å². The van der Waals surface area contributed by atoms with E-state index >= 15 is 0 Å². The van der Waals surface area contributed by atoms with E-state index in [-0.39, 0.29) is 5.91 Å². The standard InChI is InChI=1S/C25H16Cl2N4O/c26-20-12-11-18(13-21(20)27)29-25(32)19-15-28-31-23(17-9-5-2-6-10-17)14-22(30-24(19)31)16-7-3-1-4-8-16/h1-15H,(H,29,32). The molecule has 0 fully saturated rings. The Bertz CT molecular complexity index is 1430. The number of fused-ring (bicyclic) bond motifs is 1. The molecular formula is C25H16Cl2N4O. The van der Waals surface area contributed by atoms with Gasteiger partial charge in [-0.1, -0.05) is 83.9 Å². The normalized spacial score (nSPS) is 10.9. The Morgan fingerprint density at radius 1 is 0.812 bits per heavy atom. The topological polar surface area (TPSA) is 59.3 Å². The number of hydrogen-bond donors (Lipinski definition) is 1. The fraction of sp³-hybridized carbons (Fsp3) is 0. The van der Waals surface area contributed by atoms with E-state index < -0.39 is 0 Å². The summed E-state index contributed by atoms with van der Waals surface area (Å²) in [5.74, 6) is -0.338. The number of amides is 1. The summed E-state index contributed by atoms with van der Waals surface area (Å²) in [7, 11) is 0. The predicted molar refractivity (Wildman–Crippen MR) is 128 cm³/mol. The van der Waals surface area contributed by atoms with Crippen LogP contribution in [0.5, 0.6) is 0 Å². The zero-order valence-electron chi connectivity index (χ0n) is 16.7. The highest BCUT2D eigenvalue weighted by atomic mass is 35.5. The lowest BCUT2D eigenvalue weighted by Gasteiger charge is -2.10. The van der Waals surface area contributed by atoms with Crippen molar-refractivity contribution in [3.8, 4) is 22.5 Å². The molecule has 0 saturated carbocycles. The van der Waals surface area contributed by atoms with E-state index in [4.69, 9.17) is 28.2 Å².